The summed E-state index contributed by atoms with van der Waals surface area (Å²) in [6.07, 6.45) is 4.39. The highest BCUT2D eigenvalue weighted by atomic mass is 35.5. The van der Waals surface area contributed by atoms with Crippen LogP contribution in [0.15, 0.2) is 42.6 Å². The third-order valence-electron chi connectivity index (χ3n) is 9.25. The van der Waals surface area contributed by atoms with Crippen molar-refractivity contribution in [3.8, 4) is 0 Å². The number of hydrogen-bond donors (Lipinski definition) is 3. The van der Waals surface area contributed by atoms with E-state index in [0.717, 1.165) is 30.4 Å². The molecule has 3 aliphatic rings. The number of benzene rings is 2. The number of anilines is 1. The predicted octanol–water partition coefficient (Wildman–Crippen LogP) is 4.96. The van der Waals surface area contributed by atoms with Crippen LogP contribution >= 0.6 is 11.6 Å². The molecule has 2 aromatic carbocycles. The first kappa shape index (κ1) is 28.0. The van der Waals surface area contributed by atoms with Gasteiger partial charge in [0.2, 0.25) is 5.91 Å². The van der Waals surface area contributed by atoms with Crippen LogP contribution in [0.5, 0.6) is 0 Å². The number of hydrogen-bond acceptors (Lipinski definition) is 6. The summed E-state index contributed by atoms with van der Waals surface area (Å²) in [5.74, 6) is -0.915. The molecule has 0 radical (unpaired) electrons. The van der Waals surface area contributed by atoms with E-state index < -0.39 is 28.5 Å². The summed E-state index contributed by atoms with van der Waals surface area (Å²) in [6.45, 7) is 5.74. The van der Waals surface area contributed by atoms with Gasteiger partial charge in [0.25, 0.3) is 0 Å². The summed E-state index contributed by atoms with van der Waals surface area (Å²) < 4.78 is 16.2. The molecule has 10 heteroatoms. The summed E-state index contributed by atoms with van der Waals surface area (Å²) in [7, 11) is 0. The zero-order chi connectivity index (χ0) is 29.2. The Bertz CT molecular complexity index is 1560. The lowest BCUT2D eigenvalue weighted by atomic mass is 9.66. The van der Waals surface area contributed by atoms with Gasteiger partial charge in [0.1, 0.15) is 5.82 Å². The summed E-state index contributed by atoms with van der Waals surface area (Å²) in [5.41, 5.74) is -0.178. The molecule has 3 fully saturated rings. The fraction of sp³-hybridized carbons (Fsp3) is 0.452. The number of nitrogens with zero attached hydrogens (tertiary/aromatic N) is 3. The highest BCUT2D eigenvalue weighted by molar-refractivity contribution is 6.31. The van der Waals surface area contributed by atoms with Gasteiger partial charge in [0.15, 0.2) is 0 Å². The number of carbonyl (C=O) groups excluding carboxylic acids is 2. The van der Waals surface area contributed by atoms with Crippen LogP contribution in [0.2, 0.25) is 5.02 Å². The van der Waals surface area contributed by atoms with Crippen molar-refractivity contribution in [1.29, 1.82) is 0 Å². The Hall–Kier alpha value is -3.11. The zero-order valence-electron chi connectivity index (χ0n) is 23.2. The molecular weight excluding hydrogens is 547 g/mol. The first-order valence-corrected chi connectivity index (χ1v) is 14.4. The van der Waals surface area contributed by atoms with Crippen molar-refractivity contribution in [3.05, 3.63) is 70.1 Å². The second-order valence-electron chi connectivity index (χ2n) is 12.3. The minimum atomic E-state index is -1.44. The second kappa shape index (κ2) is 10.0. The van der Waals surface area contributed by atoms with Crippen LogP contribution < -0.4 is 10.2 Å². The third kappa shape index (κ3) is 4.78. The summed E-state index contributed by atoms with van der Waals surface area (Å²) >= 11 is 6.56. The molecule has 0 spiro atoms. The van der Waals surface area contributed by atoms with Gasteiger partial charge in [0.05, 0.1) is 28.6 Å². The molecule has 1 saturated carbocycles. The summed E-state index contributed by atoms with van der Waals surface area (Å²) in [6, 6.07) is 10.1. The Balaban J connectivity index is 1.24. The molecule has 2 aliphatic heterocycles. The van der Waals surface area contributed by atoms with Crippen LogP contribution in [0.1, 0.15) is 62.6 Å². The smallest absolute Gasteiger partial charge is 0.328 e. The number of pyridine rings is 1. The summed E-state index contributed by atoms with van der Waals surface area (Å²) in [4.78, 5) is 31.8. The second-order valence-corrected chi connectivity index (χ2v) is 12.8. The number of nitrogens with one attached hydrogen (secondary N) is 1. The molecule has 3 N–H and O–H groups in total. The van der Waals surface area contributed by atoms with E-state index in [4.69, 9.17) is 11.6 Å². The highest BCUT2D eigenvalue weighted by Crippen LogP contribution is 2.48. The minimum absolute atomic E-state index is 0.148. The Morgan fingerprint density at radius 3 is 2.46 bits per heavy atom. The van der Waals surface area contributed by atoms with Crippen LogP contribution in [-0.4, -0.2) is 51.7 Å². The van der Waals surface area contributed by atoms with Gasteiger partial charge < -0.3 is 10.2 Å². The number of urea groups is 1. The average molecular weight is 581 g/mol. The quantitative estimate of drug-likeness (QED) is 0.394. The van der Waals surface area contributed by atoms with Crippen LogP contribution in [0.3, 0.4) is 0 Å². The first-order chi connectivity index (χ1) is 19.4. The molecule has 41 heavy (non-hydrogen) atoms. The van der Waals surface area contributed by atoms with Crippen molar-refractivity contribution < 1.29 is 24.2 Å². The number of imide groups is 1. The van der Waals surface area contributed by atoms with Gasteiger partial charge in [-0.2, -0.15) is 0 Å². The lowest BCUT2D eigenvalue weighted by Gasteiger charge is -2.50. The van der Waals surface area contributed by atoms with Crippen molar-refractivity contribution >= 4 is 40.1 Å². The van der Waals surface area contributed by atoms with Gasteiger partial charge in [-0.3, -0.25) is 24.9 Å². The first-order valence-electron chi connectivity index (χ1n) is 14.1. The molecule has 8 nitrogen and oxygen atoms in total. The van der Waals surface area contributed by atoms with E-state index in [1.54, 1.807) is 18.2 Å². The van der Waals surface area contributed by atoms with Gasteiger partial charge in [-0.05, 0) is 49.4 Å². The van der Waals surface area contributed by atoms with Crippen LogP contribution in [0.4, 0.5) is 14.9 Å². The van der Waals surface area contributed by atoms with Gasteiger partial charge in [-0.25, -0.2) is 9.18 Å². The number of carbonyl (C=O) groups is 2. The minimum Gasteiger partial charge on any atom is -0.385 e. The molecule has 0 bridgehead atoms. The molecule has 1 aromatic heterocycles. The normalized spacial score (nSPS) is 24.3. The fourth-order valence-corrected chi connectivity index (χ4v) is 6.94. The SMILES string of the molecule is CC1(C)CN(Cc2ccc(C3(O)CCC3)c(Cl)c2)CC[C@]1(O)c1ccc2ncc(N3CCC(=O)NC3=O)cc2c1F. The van der Waals surface area contributed by atoms with E-state index in [2.05, 4.69) is 15.2 Å². The molecule has 1 atom stereocenters. The maximum Gasteiger partial charge on any atom is 0.328 e. The average Bonchev–Trinajstić information content (AvgIpc) is 2.90. The van der Waals surface area contributed by atoms with Crippen molar-refractivity contribution in [2.75, 3.05) is 24.5 Å². The molecular formula is C31H34ClFN4O4. The lowest BCUT2D eigenvalue weighted by molar-refractivity contribution is -0.128. The third-order valence-corrected chi connectivity index (χ3v) is 9.56. The lowest BCUT2D eigenvalue weighted by Crippen LogP contribution is -2.55. The van der Waals surface area contributed by atoms with E-state index in [-0.39, 0.29) is 29.8 Å². The number of aromatic nitrogens is 1. The van der Waals surface area contributed by atoms with Gasteiger partial charge >= 0.3 is 6.03 Å². The van der Waals surface area contributed by atoms with E-state index >= 15 is 4.39 Å². The number of aliphatic hydroxyl groups is 2. The van der Waals surface area contributed by atoms with Gasteiger partial charge in [-0.15, -0.1) is 0 Å². The number of rotatable bonds is 5. The number of amides is 3. The molecule has 2 saturated heterocycles. The highest BCUT2D eigenvalue weighted by Gasteiger charge is 2.50. The van der Waals surface area contributed by atoms with Crippen molar-refractivity contribution in [2.24, 2.45) is 5.41 Å². The van der Waals surface area contributed by atoms with Crippen molar-refractivity contribution in [2.45, 2.75) is 63.7 Å². The van der Waals surface area contributed by atoms with E-state index in [0.29, 0.717) is 42.3 Å². The summed E-state index contributed by atoms with van der Waals surface area (Å²) in [5, 5.41) is 25.8. The topological polar surface area (TPSA) is 106 Å². The molecule has 3 heterocycles. The molecule has 1 aliphatic carbocycles. The van der Waals surface area contributed by atoms with Crippen molar-refractivity contribution in [3.63, 3.8) is 0 Å². The molecule has 0 unspecified atom stereocenters. The van der Waals surface area contributed by atoms with E-state index in [1.807, 2.05) is 32.0 Å². The van der Waals surface area contributed by atoms with Gasteiger partial charge in [0, 0.05) is 59.6 Å². The predicted molar refractivity (Wildman–Crippen MR) is 154 cm³/mol. The van der Waals surface area contributed by atoms with E-state index in [1.165, 1.54) is 11.1 Å². The van der Waals surface area contributed by atoms with Crippen molar-refractivity contribution in [1.82, 2.24) is 15.2 Å². The fourth-order valence-electron chi connectivity index (χ4n) is 6.57. The Kier molecular flexibility index (Phi) is 6.85. The molecule has 3 amide bonds. The largest absolute Gasteiger partial charge is 0.385 e. The number of piperidine rings is 1. The van der Waals surface area contributed by atoms with Crippen LogP contribution in [0.25, 0.3) is 10.9 Å². The maximum absolute atomic E-state index is 16.2. The maximum atomic E-state index is 16.2. The monoisotopic (exact) mass is 580 g/mol. The zero-order valence-corrected chi connectivity index (χ0v) is 24.0. The molecule has 3 aromatic rings. The van der Waals surface area contributed by atoms with E-state index in [9.17, 15) is 19.8 Å². The standard InChI is InChI=1S/C31H34ClFN4O4/c1-29(2)18-36(17-19-4-5-22(24(32)14-19)30(40)9-3-10-30)13-11-31(29,41)23-6-7-25-21(27(23)33)15-20(16-34-25)37-12-8-26(38)35-28(37)39/h4-7,14-16,40-41H,3,8-13,17-18H2,1-2H3,(H,35,38,39)/t31-/m0/s1. The van der Waals surface area contributed by atoms with Crippen LogP contribution in [0, 0.1) is 11.2 Å². The number of halogens is 2. The van der Waals surface area contributed by atoms with Gasteiger partial charge in [-0.1, -0.05) is 43.6 Å². The Morgan fingerprint density at radius 1 is 1.05 bits per heavy atom. The molecule has 6 rings (SSSR count). The van der Waals surface area contributed by atoms with Crippen LogP contribution in [-0.2, 0) is 22.5 Å². The number of fused-ring (bicyclic) bond motifs is 1. The Labute approximate surface area is 243 Å². The number of likely N-dealkylation sites (tertiary alicyclic amines) is 1. The Morgan fingerprint density at radius 2 is 1.80 bits per heavy atom. The molecule has 216 valence electrons.